The van der Waals surface area contributed by atoms with E-state index in [2.05, 4.69) is 16.8 Å². The second kappa shape index (κ2) is 8.35. The molecule has 98 valence electrons. The van der Waals surface area contributed by atoms with Gasteiger partial charge in [-0.2, -0.15) is 0 Å². The van der Waals surface area contributed by atoms with E-state index in [1.165, 1.54) is 4.88 Å². The fourth-order valence-corrected chi connectivity index (χ4v) is 3.20. The normalized spacial score (nSPS) is 17.7. The Kier molecular flexibility index (Phi) is 8.47. The lowest BCUT2D eigenvalue weighted by Crippen LogP contribution is -2.44. The SMILES string of the molecule is C=C[C@@H](c1sccc1Cl)N1CCNCC1.Cl.Cl. The molecule has 0 bridgehead atoms. The van der Waals surface area contributed by atoms with Crippen molar-refractivity contribution in [1.82, 2.24) is 10.2 Å². The van der Waals surface area contributed by atoms with E-state index in [9.17, 15) is 0 Å². The minimum Gasteiger partial charge on any atom is -0.314 e. The second-order valence-corrected chi connectivity index (χ2v) is 4.95. The Balaban J connectivity index is 0.00000128. The molecule has 2 heterocycles. The first-order chi connectivity index (χ1) is 7.33. The van der Waals surface area contributed by atoms with Gasteiger partial charge in [-0.05, 0) is 11.4 Å². The minimum atomic E-state index is 0. The first-order valence-corrected chi connectivity index (χ1v) is 6.39. The van der Waals surface area contributed by atoms with Crippen LogP contribution in [0.3, 0.4) is 0 Å². The molecule has 1 aromatic rings. The molecule has 1 saturated heterocycles. The van der Waals surface area contributed by atoms with Gasteiger partial charge in [-0.15, -0.1) is 42.7 Å². The van der Waals surface area contributed by atoms with Gasteiger partial charge in [0.25, 0.3) is 0 Å². The molecule has 1 fully saturated rings. The first kappa shape index (κ1) is 17.2. The van der Waals surface area contributed by atoms with Crippen molar-refractivity contribution in [2.45, 2.75) is 6.04 Å². The van der Waals surface area contributed by atoms with Crippen LogP contribution in [-0.2, 0) is 0 Å². The Morgan fingerprint density at radius 2 is 2.06 bits per heavy atom. The third-order valence-electron chi connectivity index (χ3n) is 2.68. The van der Waals surface area contributed by atoms with Crippen molar-refractivity contribution in [3.8, 4) is 0 Å². The Labute approximate surface area is 124 Å². The summed E-state index contributed by atoms with van der Waals surface area (Å²) in [5.74, 6) is 0. The number of nitrogens with one attached hydrogen (secondary N) is 1. The van der Waals surface area contributed by atoms with E-state index in [1.54, 1.807) is 11.3 Å². The molecule has 17 heavy (non-hydrogen) atoms. The Morgan fingerprint density at radius 3 is 2.53 bits per heavy atom. The van der Waals surface area contributed by atoms with Crippen LogP contribution in [0.25, 0.3) is 0 Å². The van der Waals surface area contributed by atoms with E-state index in [0.717, 1.165) is 31.2 Å². The van der Waals surface area contributed by atoms with Crippen molar-refractivity contribution in [1.29, 1.82) is 0 Å². The summed E-state index contributed by atoms with van der Waals surface area (Å²) in [5.41, 5.74) is 0. The van der Waals surface area contributed by atoms with Crippen molar-refractivity contribution in [3.05, 3.63) is 34.0 Å². The standard InChI is InChI=1S/C11H15ClN2S.2ClH/c1-2-10(11-9(12)3-8-15-11)14-6-4-13-5-7-14;;/h2-3,8,10,13H,1,4-7H2;2*1H/t10-;;/m0../s1. The molecular weight excluding hydrogens is 299 g/mol. The second-order valence-electron chi connectivity index (χ2n) is 3.60. The highest BCUT2D eigenvalue weighted by molar-refractivity contribution is 7.10. The zero-order valence-corrected chi connectivity index (χ0v) is 12.6. The number of rotatable bonds is 3. The molecular formula is C11H17Cl3N2S. The fraction of sp³-hybridized carbons (Fsp3) is 0.455. The Morgan fingerprint density at radius 1 is 1.41 bits per heavy atom. The number of hydrogen-bond donors (Lipinski definition) is 1. The van der Waals surface area contributed by atoms with Crippen LogP contribution in [0, 0.1) is 0 Å². The van der Waals surface area contributed by atoms with Gasteiger partial charge in [0.1, 0.15) is 0 Å². The molecule has 2 rings (SSSR count). The summed E-state index contributed by atoms with van der Waals surface area (Å²) in [4.78, 5) is 3.63. The van der Waals surface area contributed by atoms with Gasteiger partial charge >= 0.3 is 0 Å². The van der Waals surface area contributed by atoms with Crippen LogP contribution in [0.5, 0.6) is 0 Å². The highest BCUT2D eigenvalue weighted by Crippen LogP contribution is 2.33. The monoisotopic (exact) mass is 314 g/mol. The lowest BCUT2D eigenvalue weighted by Gasteiger charge is -2.32. The first-order valence-electron chi connectivity index (χ1n) is 5.13. The summed E-state index contributed by atoms with van der Waals surface area (Å²) in [5, 5.41) is 6.25. The van der Waals surface area contributed by atoms with E-state index < -0.39 is 0 Å². The molecule has 1 aliphatic rings. The molecule has 0 aromatic carbocycles. The summed E-state index contributed by atoms with van der Waals surface area (Å²) >= 11 is 7.86. The summed E-state index contributed by atoms with van der Waals surface area (Å²) in [6, 6.07) is 2.24. The van der Waals surface area contributed by atoms with Crippen LogP contribution >= 0.6 is 47.8 Å². The lowest BCUT2D eigenvalue weighted by molar-refractivity contribution is 0.206. The van der Waals surface area contributed by atoms with Gasteiger partial charge in [0.15, 0.2) is 0 Å². The summed E-state index contributed by atoms with van der Waals surface area (Å²) in [6.45, 7) is 8.14. The van der Waals surface area contributed by atoms with Gasteiger partial charge in [0, 0.05) is 31.1 Å². The van der Waals surface area contributed by atoms with Crippen LogP contribution in [0.2, 0.25) is 5.02 Å². The third kappa shape index (κ3) is 4.12. The maximum Gasteiger partial charge on any atom is 0.0639 e. The van der Waals surface area contributed by atoms with E-state index in [-0.39, 0.29) is 30.9 Å². The number of halogens is 3. The van der Waals surface area contributed by atoms with Gasteiger partial charge in [0.2, 0.25) is 0 Å². The molecule has 0 spiro atoms. The molecule has 1 aliphatic heterocycles. The molecule has 0 saturated carbocycles. The minimum absolute atomic E-state index is 0. The Hall–Kier alpha value is 0.230. The summed E-state index contributed by atoms with van der Waals surface area (Å²) < 4.78 is 0. The zero-order valence-electron chi connectivity index (χ0n) is 9.39. The van der Waals surface area contributed by atoms with E-state index >= 15 is 0 Å². The van der Waals surface area contributed by atoms with Gasteiger partial charge in [-0.1, -0.05) is 17.7 Å². The maximum absolute atomic E-state index is 6.15. The molecule has 0 aliphatic carbocycles. The van der Waals surface area contributed by atoms with E-state index in [1.807, 2.05) is 17.5 Å². The predicted molar refractivity (Wildman–Crippen MR) is 81.2 cm³/mol. The largest absolute Gasteiger partial charge is 0.314 e. The number of nitrogens with zero attached hydrogens (tertiary/aromatic N) is 1. The number of piperazine rings is 1. The van der Waals surface area contributed by atoms with Crippen molar-refractivity contribution < 1.29 is 0 Å². The van der Waals surface area contributed by atoms with Gasteiger partial charge < -0.3 is 5.32 Å². The Bertz CT molecular complexity index is 337. The summed E-state index contributed by atoms with van der Waals surface area (Å²) in [6.07, 6.45) is 1.99. The average molecular weight is 316 g/mol. The van der Waals surface area contributed by atoms with Crippen LogP contribution in [-0.4, -0.2) is 31.1 Å². The number of thiophene rings is 1. The molecule has 1 N–H and O–H groups in total. The molecule has 0 radical (unpaired) electrons. The fourth-order valence-electron chi connectivity index (χ4n) is 1.90. The maximum atomic E-state index is 6.15. The highest BCUT2D eigenvalue weighted by atomic mass is 35.5. The van der Waals surface area contributed by atoms with Gasteiger partial charge in [0.05, 0.1) is 11.1 Å². The van der Waals surface area contributed by atoms with Crippen molar-refractivity contribution >= 4 is 47.8 Å². The molecule has 1 aromatic heterocycles. The molecule has 0 amide bonds. The molecule has 1 atom stereocenters. The molecule has 2 nitrogen and oxygen atoms in total. The topological polar surface area (TPSA) is 15.3 Å². The van der Waals surface area contributed by atoms with Crippen LogP contribution in [0.15, 0.2) is 24.1 Å². The van der Waals surface area contributed by atoms with Crippen LogP contribution in [0.1, 0.15) is 10.9 Å². The van der Waals surface area contributed by atoms with Gasteiger partial charge in [-0.25, -0.2) is 0 Å². The summed E-state index contributed by atoms with van der Waals surface area (Å²) in [7, 11) is 0. The number of hydrogen-bond acceptors (Lipinski definition) is 3. The average Bonchev–Trinajstić information content (AvgIpc) is 2.68. The quantitative estimate of drug-likeness (QED) is 0.860. The third-order valence-corrected chi connectivity index (χ3v) is 4.11. The van der Waals surface area contributed by atoms with Crippen LogP contribution in [0.4, 0.5) is 0 Å². The van der Waals surface area contributed by atoms with E-state index in [4.69, 9.17) is 11.6 Å². The van der Waals surface area contributed by atoms with Crippen molar-refractivity contribution in [2.24, 2.45) is 0 Å². The smallest absolute Gasteiger partial charge is 0.0639 e. The van der Waals surface area contributed by atoms with Crippen LogP contribution < -0.4 is 5.32 Å². The highest BCUT2D eigenvalue weighted by Gasteiger charge is 2.21. The van der Waals surface area contributed by atoms with Gasteiger partial charge in [-0.3, -0.25) is 4.90 Å². The van der Waals surface area contributed by atoms with E-state index in [0.29, 0.717) is 0 Å². The molecule has 0 unspecified atom stereocenters. The predicted octanol–water partition coefficient (Wildman–Crippen LogP) is 3.38. The lowest BCUT2D eigenvalue weighted by atomic mass is 10.2. The zero-order chi connectivity index (χ0) is 10.7. The molecule has 6 heteroatoms. The van der Waals surface area contributed by atoms with Crippen molar-refractivity contribution in [3.63, 3.8) is 0 Å². The van der Waals surface area contributed by atoms with Crippen molar-refractivity contribution in [2.75, 3.05) is 26.2 Å².